The summed E-state index contributed by atoms with van der Waals surface area (Å²) in [5.74, 6) is 0.648. The first-order valence-corrected chi connectivity index (χ1v) is 8.24. The Labute approximate surface area is 132 Å². The molecule has 0 radical (unpaired) electrons. The summed E-state index contributed by atoms with van der Waals surface area (Å²) < 4.78 is 3.78. The molecule has 3 rings (SSSR count). The van der Waals surface area contributed by atoms with E-state index >= 15 is 0 Å². The van der Waals surface area contributed by atoms with Crippen LogP contribution in [-0.2, 0) is 6.42 Å². The van der Waals surface area contributed by atoms with Crippen LogP contribution in [0.15, 0.2) is 29.6 Å². The normalized spacial score (nSPS) is 14.1. The third kappa shape index (κ3) is 4.02. The van der Waals surface area contributed by atoms with Crippen LogP contribution in [0.4, 0.5) is 0 Å². The van der Waals surface area contributed by atoms with Gasteiger partial charge in [-0.3, -0.25) is 4.79 Å². The summed E-state index contributed by atoms with van der Waals surface area (Å²) in [6.07, 6.45) is 3.27. The standard InChI is InChI=1S/C15H16ClN3OS/c16-13-5-3-11(4-6-13)7-8-19(9-12-1-2-12)15(20)14-10-21-18-17-14/h3-6,10,12H,1-2,7-9H2. The molecule has 1 aliphatic rings. The Morgan fingerprint density at radius 2 is 2.10 bits per heavy atom. The number of hydrogen-bond donors (Lipinski definition) is 0. The van der Waals surface area contributed by atoms with E-state index in [0.717, 1.165) is 18.0 Å². The van der Waals surface area contributed by atoms with E-state index in [0.29, 0.717) is 18.2 Å². The molecule has 0 atom stereocenters. The van der Waals surface area contributed by atoms with Crippen LogP contribution in [0.3, 0.4) is 0 Å². The van der Waals surface area contributed by atoms with E-state index in [1.807, 2.05) is 29.2 Å². The highest BCUT2D eigenvalue weighted by Crippen LogP contribution is 2.30. The Balaban J connectivity index is 1.64. The smallest absolute Gasteiger partial charge is 0.275 e. The van der Waals surface area contributed by atoms with Crippen LogP contribution >= 0.6 is 23.1 Å². The Hall–Kier alpha value is -1.46. The van der Waals surface area contributed by atoms with Crippen molar-refractivity contribution < 1.29 is 4.79 Å². The minimum atomic E-state index is -0.00962. The zero-order chi connectivity index (χ0) is 14.7. The number of aromatic nitrogens is 2. The predicted octanol–water partition coefficient (Wildman–Crippen LogP) is 3.29. The van der Waals surface area contributed by atoms with Gasteiger partial charge in [0.05, 0.1) is 0 Å². The molecule has 0 unspecified atom stereocenters. The summed E-state index contributed by atoms with van der Waals surface area (Å²) in [4.78, 5) is 14.4. The number of halogens is 1. The number of carbonyl (C=O) groups is 1. The van der Waals surface area contributed by atoms with Crippen molar-refractivity contribution in [3.63, 3.8) is 0 Å². The van der Waals surface area contributed by atoms with Gasteiger partial charge in [0, 0.05) is 23.5 Å². The van der Waals surface area contributed by atoms with E-state index in [-0.39, 0.29) is 5.91 Å². The SMILES string of the molecule is O=C(c1csnn1)N(CCc1ccc(Cl)cc1)CC1CC1. The molecule has 1 amide bonds. The summed E-state index contributed by atoms with van der Waals surface area (Å²) in [6.45, 7) is 1.53. The number of rotatable bonds is 6. The summed E-state index contributed by atoms with van der Waals surface area (Å²) in [5.41, 5.74) is 1.64. The molecule has 1 fully saturated rings. The van der Waals surface area contributed by atoms with E-state index in [4.69, 9.17) is 11.6 Å². The molecule has 0 N–H and O–H groups in total. The second-order valence-corrected chi connectivity index (χ2v) is 6.41. The molecule has 0 aliphatic heterocycles. The largest absolute Gasteiger partial charge is 0.337 e. The molecule has 6 heteroatoms. The third-order valence-corrected chi connectivity index (χ3v) is 4.38. The highest BCUT2D eigenvalue weighted by atomic mass is 35.5. The average Bonchev–Trinajstić information content (AvgIpc) is 3.14. The van der Waals surface area contributed by atoms with Gasteiger partial charge in [-0.15, -0.1) is 5.10 Å². The number of hydrogen-bond acceptors (Lipinski definition) is 4. The molecule has 0 bridgehead atoms. The minimum absolute atomic E-state index is 0.00962. The second kappa shape index (κ2) is 6.54. The molecule has 1 saturated carbocycles. The van der Waals surface area contributed by atoms with Gasteiger partial charge in [-0.2, -0.15) is 0 Å². The van der Waals surface area contributed by atoms with Crippen molar-refractivity contribution in [1.29, 1.82) is 0 Å². The van der Waals surface area contributed by atoms with Crippen LogP contribution < -0.4 is 0 Å². The van der Waals surface area contributed by atoms with Crippen LogP contribution in [-0.4, -0.2) is 33.5 Å². The third-order valence-electron chi connectivity index (χ3n) is 3.63. The Morgan fingerprint density at radius 1 is 1.33 bits per heavy atom. The number of nitrogens with zero attached hydrogens (tertiary/aromatic N) is 3. The number of carbonyl (C=O) groups excluding carboxylic acids is 1. The maximum Gasteiger partial charge on any atom is 0.275 e. The number of benzene rings is 1. The van der Waals surface area contributed by atoms with Gasteiger partial charge in [0.25, 0.3) is 5.91 Å². The van der Waals surface area contributed by atoms with Gasteiger partial charge in [0.1, 0.15) is 0 Å². The maximum atomic E-state index is 12.5. The zero-order valence-electron chi connectivity index (χ0n) is 11.5. The first-order valence-electron chi connectivity index (χ1n) is 7.03. The van der Waals surface area contributed by atoms with Gasteiger partial charge in [-0.05, 0) is 54.4 Å². The maximum absolute atomic E-state index is 12.5. The Kier molecular flexibility index (Phi) is 4.51. The molecule has 0 spiro atoms. The second-order valence-electron chi connectivity index (χ2n) is 5.36. The fraction of sp³-hybridized carbons (Fsp3) is 0.400. The van der Waals surface area contributed by atoms with Gasteiger partial charge in [-0.1, -0.05) is 28.2 Å². The lowest BCUT2D eigenvalue weighted by Gasteiger charge is -2.21. The lowest BCUT2D eigenvalue weighted by atomic mass is 10.1. The molecule has 1 aromatic heterocycles. The van der Waals surface area contributed by atoms with E-state index < -0.39 is 0 Å². The molecule has 110 valence electrons. The summed E-state index contributed by atoms with van der Waals surface area (Å²) >= 11 is 7.10. The molecule has 21 heavy (non-hydrogen) atoms. The summed E-state index contributed by atoms with van der Waals surface area (Å²) in [5, 5.41) is 6.34. The quantitative estimate of drug-likeness (QED) is 0.820. The molecular formula is C15H16ClN3OS. The lowest BCUT2D eigenvalue weighted by molar-refractivity contribution is 0.0743. The Morgan fingerprint density at radius 3 is 2.71 bits per heavy atom. The van der Waals surface area contributed by atoms with Gasteiger partial charge >= 0.3 is 0 Å². The average molecular weight is 322 g/mol. The van der Waals surface area contributed by atoms with E-state index in [1.54, 1.807) is 5.38 Å². The van der Waals surface area contributed by atoms with Gasteiger partial charge in [0.2, 0.25) is 0 Å². The minimum Gasteiger partial charge on any atom is -0.337 e. The predicted molar refractivity (Wildman–Crippen MR) is 83.7 cm³/mol. The zero-order valence-corrected chi connectivity index (χ0v) is 13.1. The van der Waals surface area contributed by atoms with Crippen LogP contribution in [0, 0.1) is 5.92 Å². The molecule has 2 aromatic rings. The number of amides is 1. The van der Waals surface area contributed by atoms with Gasteiger partial charge in [-0.25, -0.2) is 0 Å². The van der Waals surface area contributed by atoms with Crippen molar-refractivity contribution in [2.75, 3.05) is 13.1 Å². The molecule has 0 saturated heterocycles. The first kappa shape index (κ1) is 14.5. The lowest BCUT2D eigenvalue weighted by Crippen LogP contribution is -2.35. The van der Waals surface area contributed by atoms with E-state index in [9.17, 15) is 4.79 Å². The Bertz CT molecular complexity index is 596. The van der Waals surface area contributed by atoms with Crippen molar-refractivity contribution in [3.8, 4) is 0 Å². The van der Waals surface area contributed by atoms with Crippen LogP contribution in [0.2, 0.25) is 5.02 Å². The van der Waals surface area contributed by atoms with Crippen LogP contribution in [0.25, 0.3) is 0 Å². The molecule has 4 nitrogen and oxygen atoms in total. The van der Waals surface area contributed by atoms with Crippen LogP contribution in [0.5, 0.6) is 0 Å². The molecular weight excluding hydrogens is 306 g/mol. The summed E-state index contributed by atoms with van der Waals surface area (Å²) in [7, 11) is 0. The van der Waals surface area contributed by atoms with Crippen molar-refractivity contribution in [3.05, 3.63) is 45.9 Å². The highest BCUT2D eigenvalue weighted by molar-refractivity contribution is 7.03. The topological polar surface area (TPSA) is 46.1 Å². The fourth-order valence-corrected chi connectivity index (χ4v) is 2.78. The molecule has 1 aromatic carbocycles. The summed E-state index contributed by atoms with van der Waals surface area (Å²) in [6, 6.07) is 7.78. The van der Waals surface area contributed by atoms with E-state index in [1.165, 1.54) is 29.9 Å². The molecule has 1 aliphatic carbocycles. The first-order chi connectivity index (χ1) is 10.2. The van der Waals surface area contributed by atoms with Crippen molar-refractivity contribution in [2.45, 2.75) is 19.3 Å². The van der Waals surface area contributed by atoms with Crippen LogP contribution in [0.1, 0.15) is 28.9 Å². The van der Waals surface area contributed by atoms with E-state index in [2.05, 4.69) is 9.59 Å². The van der Waals surface area contributed by atoms with Gasteiger partial charge < -0.3 is 4.90 Å². The fourth-order valence-electron chi connectivity index (χ4n) is 2.22. The van der Waals surface area contributed by atoms with Crippen molar-refractivity contribution in [2.24, 2.45) is 5.92 Å². The highest BCUT2D eigenvalue weighted by Gasteiger charge is 2.27. The monoisotopic (exact) mass is 321 g/mol. The van der Waals surface area contributed by atoms with Gasteiger partial charge in [0.15, 0.2) is 5.69 Å². The van der Waals surface area contributed by atoms with Crippen molar-refractivity contribution in [1.82, 2.24) is 14.5 Å². The van der Waals surface area contributed by atoms with Crippen molar-refractivity contribution >= 4 is 29.0 Å². The molecule has 1 heterocycles.